The summed E-state index contributed by atoms with van der Waals surface area (Å²) in [7, 11) is 1.60. The summed E-state index contributed by atoms with van der Waals surface area (Å²) in [6.07, 6.45) is 1.84. The van der Waals surface area contributed by atoms with Crippen molar-refractivity contribution in [3.8, 4) is 0 Å². The van der Waals surface area contributed by atoms with E-state index in [1.54, 1.807) is 18.9 Å². The Bertz CT molecular complexity index is 396. The van der Waals surface area contributed by atoms with E-state index in [9.17, 15) is 9.90 Å². The molecule has 2 aliphatic heterocycles. The standard InChI is InChI=1S/C11H18N4O3/c1-11(13-14-12)5-9(18-2)8-4-3-7(6-16)15(8)10(11)17/h7-9,16H,3-6H2,1-2H3/t7-,8-,9-,11-/m0/s1. The second kappa shape index (κ2) is 4.76. The molecule has 1 amide bonds. The first kappa shape index (κ1) is 13.1. The van der Waals surface area contributed by atoms with E-state index in [2.05, 4.69) is 10.0 Å². The van der Waals surface area contributed by atoms with Crippen LogP contribution in [-0.4, -0.2) is 53.4 Å². The van der Waals surface area contributed by atoms with E-state index >= 15 is 0 Å². The van der Waals surface area contributed by atoms with Gasteiger partial charge in [-0.1, -0.05) is 5.11 Å². The van der Waals surface area contributed by atoms with Crippen molar-refractivity contribution in [3.05, 3.63) is 10.4 Å². The highest BCUT2D eigenvalue weighted by molar-refractivity contribution is 5.88. The molecule has 7 nitrogen and oxygen atoms in total. The fraction of sp³-hybridized carbons (Fsp3) is 0.909. The van der Waals surface area contributed by atoms with Crippen LogP contribution in [0.3, 0.4) is 0 Å². The Morgan fingerprint density at radius 1 is 1.67 bits per heavy atom. The van der Waals surface area contributed by atoms with Crippen LogP contribution in [0.1, 0.15) is 26.2 Å². The summed E-state index contributed by atoms with van der Waals surface area (Å²) in [5.74, 6) is -0.199. The maximum Gasteiger partial charge on any atom is 0.235 e. The van der Waals surface area contributed by atoms with Crippen molar-refractivity contribution in [2.45, 2.75) is 49.9 Å². The van der Waals surface area contributed by atoms with Gasteiger partial charge in [0.25, 0.3) is 0 Å². The minimum atomic E-state index is -1.11. The first-order valence-electron chi connectivity index (χ1n) is 6.10. The van der Waals surface area contributed by atoms with E-state index in [0.29, 0.717) is 6.42 Å². The Kier molecular flexibility index (Phi) is 3.47. The number of ether oxygens (including phenoxy) is 1. The molecule has 0 spiro atoms. The van der Waals surface area contributed by atoms with Gasteiger partial charge in [0.1, 0.15) is 5.54 Å². The molecule has 1 N–H and O–H groups in total. The summed E-state index contributed by atoms with van der Waals surface area (Å²) in [6.45, 7) is 1.56. The molecular formula is C11H18N4O3. The van der Waals surface area contributed by atoms with Gasteiger partial charge in [0.15, 0.2) is 0 Å². The number of carbonyl (C=O) groups is 1. The second-order valence-electron chi connectivity index (χ2n) is 5.14. The van der Waals surface area contributed by atoms with Crippen molar-refractivity contribution in [1.82, 2.24) is 4.90 Å². The summed E-state index contributed by atoms with van der Waals surface area (Å²) in [6, 6.07) is -0.199. The van der Waals surface area contributed by atoms with E-state index in [1.165, 1.54) is 0 Å². The molecule has 7 heteroatoms. The normalized spacial score (nSPS) is 39.4. The molecule has 2 aliphatic rings. The third-order valence-corrected chi connectivity index (χ3v) is 4.05. The zero-order valence-corrected chi connectivity index (χ0v) is 10.6. The number of hydrogen-bond donors (Lipinski definition) is 1. The molecule has 0 aliphatic carbocycles. The zero-order chi connectivity index (χ0) is 13.3. The first-order valence-corrected chi connectivity index (χ1v) is 6.10. The molecule has 2 rings (SSSR count). The molecule has 0 aromatic rings. The number of azide groups is 1. The van der Waals surface area contributed by atoms with Crippen LogP contribution in [0.5, 0.6) is 0 Å². The number of aliphatic hydroxyl groups excluding tert-OH is 1. The Hall–Kier alpha value is -1.30. The topological polar surface area (TPSA) is 98.5 Å². The molecular weight excluding hydrogens is 236 g/mol. The summed E-state index contributed by atoms with van der Waals surface area (Å²) >= 11 is 0. The average molecular weight is 254 g/mol. The Balaban J connectivity index is 2.36. The van der Waals surface area contributed by atoms with Crippen molar-refractivity contribution < 1.29 is 14.6 Å². The lowest BCUT2D eigenvalue weighted by atomic mass is 9.85. The van der Waals surface area contributed by atoms with Gasteiger partial charge in [-0.2, -0.15) is 0 Å². The molecule has 18 heavy (non-hydrogen) atoms. The Morgan fingerprint density at radius 2 is 2.39 bits per heavy atom. The highest BCUT2D eigenvalue weighted by Crippen LogP contribution is 2.39. The van der Waals surface area contributed by atoms with Gasteiger partial charge < -0.3 is 14.7 Å². The smallest absolute Gasteiger partial charge is 0.235 e. The number of aliphatic hydroxyl groups is 1. The number of rotatable bonds is 3. The first-order chi connectivity index (χ1) is 8.57. The molecule has 4 atom stereocenters. The van der Waals surface area contributed by atoms with Crippen molar-refractivity contribution in [2.75, 3.05) is 13.7 Å². The molecule has 2 saturated heterocycles. The monoisotopic (exact) mass is 254 g/mol. The molecule has 0 unspecified atom stereocenters. The van der Waals surface area contributed by atoms with Gasteiger partial charge in [0.2, 0.25) is 5.91 Å². The lowest BCUT2D eigenvalue weighted by molar-refractivity contribution is -0.152. The summed E-state index contributed by atoms with van der Waals surface area (Å²) in [5, 5.41) is 13.0. The molecule has 100 valence electrons. The number of methoxy groups -OCH3 is 1. The zero-order valence-electron chi connectivity index (χ0n) is 10.6. The lowest BCUT2D eigenvalue weighted by Crippen LogP contribution is -2.61. The van der Waals surface area contributed by atoms with Crippen LogP contribution in [0, 0.1) is 0 Å². The maximum absolute atomic E-state index is 12.4. The number of amides is 1. The van der Waals surface area contributed by atoms with E-state index in [4.69, 9.17) is 10.3 Å². The van der Waals surface area contributed by atoms with E-state index < -0.39 is 5.54 Å². The maximum atomic E-state index is 12.4. The predicted octanol–water partition coefficient (Wildman–Crippen LogP) is 0.826. The van der Waals surface area contributed by atoms with Crippen molar-refractivity contribution in [3.63, 3.8) is 0 Å². The van der Waals surface area contributed by atoms with Gasteiger partial charge in [-0.3, -0.25) is 4.79 Å². The molecule has 0 aromatic heterocycles. The fourth-order valence-electron chi connectivity index (χ4n) is 3.09. The van der Waals surface area contributed by atoms with Gasteiger partial charge in [-0.05, 0) is 31.7 Å². The summed E-state index contributed by atoms with van der Waals surface area (Å²) in [5.41, 5.74) is 7.51. The van der Waals surface area contributed by atoms with Crippen LogP contribution in [0.25, 0.3) is 10.4 Å². The Morgan fingerprint density at radius 3 is 2.94 bits per heavy atom. The number of piperidine rings is 1. The number of fused-ring (bicyclic) bond motifs is 1. The van der Waals surface area contributed by atoms with Gasteiger partial charge in [-0.25, -0.2) is 0 Å². The average Bonchev–Trinajstić information content (AvgIpc) is 2.78. The summed E-state index contributed by atoms with van der Waals surface area (Å²) < 4.78 is 5.43. The van der Waals surface area contributed by atoms with E-state index in [1.807, 2.05) is 0 Å². The van der Waals surface area contributed by atoms with Gasteiger partial charge in [0, 0.05) is 12.0 Å². The van der Waals surface area contributed by atoms with E-state index in [-0.39, 0.29) is 30.7 Å². The predicted molar refractivity (Wildman–Crippen MR) is 63.7 cm³/mol. The van der Waals surface area contributed by atoms with Crippen molar-refractivity contribution >= 4 is 5.91 Å². The molecule has 2 fully saturated rings. The fourth-order valence-corrected chi connectivity index (χ4v) is 3.09. The number of hydrogen-bond acceptors (Lipinski definition) is 4. The van der Waals surface area contributed by atoms with Crippen LogP contribution in [0.2, 0.25) is 0 Å². The largest absolute Gasteiger partial charge is 0.394 e. The SMILES string of the molecule is CO[C@H]1C[C@](C)(N=[N+]=[N-])C(=O)N2[C@H](CO)CC[C@@H]12. The second-order valence-corrected chi connectivity index (χ2v) is 5.14. The van der Waals surface area contributed by atoms with Crippen LogP contribution in [-0.2, 0) is 9.53 Å². The quantitative estimate of drug-likeness (QED) is 0.458. The third kappa shape index (κ3) is 1.84. The minimum Gasteiger partial charge on any atom is -0.394 e. The van der Waals surface area contributed by atoms with Crippen LogP contribution < -0.4 is 0 Å². The van der Waals surface area contributed by atoms with Crippen molar-refractivity contribution in [2.24, 2.45) is 5.11 Å². The summed E-state index contributed by atoms with van der Waals surface area (Å²) in [4.78, 5) is 16.9. The van der Waals surface area contributed by atoms with Gasteiger partial charge in [0.05, 0.1) is 24.8 Å². The molecule has 0 aromatic carbocycles. The Labute approximate surface area is 105 Å². The van der Waals surface area contributed by atoms with Crippen LogP contribution in [0.4, 0.5) is 0 Å². The highest BCUT2D eigenvalue weighted by atomic mass is 16.5. The van der Waals surface area contributed by atoms with Crippen molar-refractivity contribution in [1.29, 1.82) is 0 Å². The molecule has 0 radical (unpaired) electrons. The van der Waals surface area contributed by atoms with Crippen LogP contribution >= 0.6 is 0 Å². The van der Waals surface area contributed by atoms with E-state index in [0.717, 1.165) is 12.8 Å². The van der Waals surface area contributed by atoms with Gasteiger partial charge >= 0.3 is 0 Å². The molecule has 0 saturated carbocycles. The highest BCUT2D eigenvalue weighted by Gasteiger charge is 2.53. The third-order valence-electron chi connectivity index (χ3n) is 4.05. The number of nitrogens with zero attached hydrogens (tertiary/aromatic N) is 4. The molecule has 0 bridgehead atoms. The minimum absolute atomic E-state index is 0.0124. The van der Waals surface area contributed by atoms with Crippen LogP contribution in [0.15, 0.2) is 5.11 Å². The van der Waals surface area contributed by atoms with Gasteiger partial charge in [-0.15, -0.1) is 0 Å². The number of carbonyl (C=O) groups excluding carboxylic acids is 1. The lowest BCUT2D eigenvalue weighted by Gasteiger charge is -2.45. The molecule has 2 heterocycles.